The zero-order chi connectivity index (χ0) is 7.98. The maximum atomic E-state index is 10.3. The van der Waals surface area contributed by atoms with Crippen molar-refractivity contribution >= 4 is 17.7 Å². The molecular weight excluding hydrogens is 146 g/mol. The quantitative estimate of drug-likeness (QED) is 0.487. The Morgan fingerprint density at radius 2 is 2.30 bits per heavy atom. The van der Waals surface area contributed by atoms with Gasteiger partial charge in [0, 0.05) is 6.54 Å². The standard InChI is InChI=1S/C7H13NOS/c1-3-8(2)6-4-5-7(9)10/h4-5H,3,6H2,1-2H3,(H,9,10)/b5-4+. The van der Waals surface area contributed by atoms with Gasteiger partial charge in [-0.1, -0.05) is 13.0 Å². The molecule has 2 nitrogen and oxygen atoms in total. The van der Waals surface area contributed by atoms with Crippen LogP contribution in [0.2, 0.25) is 0 Å². The minimum atomic E-state index is -0.190. The van der Waals surface area contributed by atoms with Gasteiger partial charge in [0.05, 0.1) is 0 Å². The molecule has 58 valence electrons. The van der Waals surface area contributed by atoms with Gasteiger partial charge in [-0.15, -0.1) is 12.6 Å². The second-order valence-electron chi connectivity index (χ2n) is 2.10. The number of rotatable bonds is 4. The lowest BCUT2D eigenvalue weighted by Crippen LogP contribution is -2.17. The van der Waals surface area contributed by atoms with Gasteiger partial charge < -0.3 is 4.90 Å². The summed E-state index contributed by atoms with van der Waals surface area (Å²) >= 11 is 3.59. The maximum absolute atomic E-state index is 10.3. The van der Waals surface area contributed by atoms with Crippen LogP contribution in [-0.4, -0.2) is 30.2 Å². The number of thiol groups is 1. The van der Waals surface area contributed by atoms with Crippen LogP contribution in [0.5, 0.6) is 0 Å². The van der Waals surface area contributed by atoms with Crippen molar-refractivity contribution in [1.82, 2.24) is 4.90 Å². The van der Waals surface area contributed by atoms with Crippen LogP contribution in [0.15, 0.2) is 12.2 Å². The SMILES string of the molecule is CCN(C)C/C=C/C(=O)S. The number of carbonyl (C=O) groups is 1. The van der Waals surface area contributed by atoms with Gasteiger partial charge in [-0.25, -0.2) is 0 Å². The summed E-state index contributed by atoms with van der Waals surface area (Å²) in [7, 11) is 1.99. The van der Waals surface area contributed by atoms with Crippen LogP contribution in [0.4, 0.5) is 0 Å². The zero-order valence-corrected chi connectivity index (χ0v) is 7.27. The van der Waals surface area contributed by atoms with E-state index in [9.17, 15) is 4.79 Å². The molecule has 0 atom stereocenters. The molecule has 0 aromatic heterocycles. The Hall–Kier alpha value is -0.280. The monoisotopic (exact) mass is 159 g/mol. The van der Waals surface area contributed by atoms with Crippen LogP contribution in [0.1, 0.15) is 6.92 Å². The first-order valence-electron chi connectivity index (χ1n) is 3.24. The molecule has 0 aromatic rings. The van der Waals surface area contributed by atoms with Crippen molar-refractivity contribution in [3.63, 3.8) is 0 Å². The van der Waals surface area contributed by atoms with E-state index < -0.39 is 0 Å². The molecule has 0 fully saturated rings. The fourth-order valence-electron chi connectivity index (χ4n) is 0.463. The Labute approximate surface area is 67.3 Å². The number of hydrogen-bond donors (Lipinski definition) is 1. The van der Waals surface area contributed by atoms with Crippen molar-refractivity contribution < 1.29 is 4.79 Å². The molecule has 0 amide bonds. The lowest BCUT2D eigenvalue weighted by atomic mass is 10.4. The van der Waals surface area contributed by atoms with E-state index in [-0.39, 0.29) is 5.12 Å². The van der Waals surface area contributed by atoms with Crippen LogP contribution in [0.3, 0.4) is 0 Å². The van der Waals surface area contributed by atoms with E-state index in [1.807, 2.05) is 7.05 Å². The van der Waals surface area contributed by atoms with Crippen molar-refractivity contribution in [1.29, 1.82) is 0 Å². The van der Waals surface area contributed by atoms with Gasteiger partial charge in [-0.05, 0) is 19.7 Å². The molecule has 0 aliphatic heterocycles. The van der Waals surface area contributed by atoms with Crippen molar-refractivity contribution in [2.75, 3.05) is 20.1 Å². The summed E-state index contributed by atoms with van der Waals surface area (Å²) < 4.78 is 0. The molecule has 0 aliphatic rings. The van der Waals surface area contributed by atoms with E-state index >= 15 is 0 Å². The average Bonchev–Trinajstić information content (AvgIpc) is 1.87. The molecule has 10 heavy (non-hydrogen) atoms. The highest BCUT2D eigenvalue weighted by molar-refractivity contribution is 7.97. The van der Waals surface area contributed by atoms with Gasteiger partial charge in [0.1, 0.15) is 0 Å². The van der Waals surface area contributed by atoms with Gasteiger partial charge in [0.2, 0.25) is 5.12 Å². The zero-order valence-electron chi connectivity index (χ0n) is 6.37. The maximum Gasteiger partial charge on any atom is 0.208 e. The fourth-order valence-corrected chi connectivity index (χ4v) is 0.568. The highest BCUT2D eigenvalue weighted by atomic mass is 32.1. The second-order valence-corrected chi connectivity index (χ2v) is 2.54. The Balaban J connectivity index is 3.43. The number of nitrogens with zero attached hydrogens (tertiary/aromatic N) is 1. The van der Waals surface area contributed by atoms with E-state index in [0.29, 0.717) is 0 Å². The third kappa shape index (κ3) is 5.85. The first kappa shape index (κ1) is 9.72. The van der Waals surface area contributed by atoms with Crippen LogP contribution in [-0.2, 0) is 4.79 Å². The third-order valence-corrected chi connectivity index (χ3v) is 1.37. The van der Waals surface area contributed by atoms with E-state index in [4.69, 9.17) is 0 Å². The first-order valence-corrected chi connectivity index (χ1v) is 3.69. The predicted molar refractivity (Wildman–Crippen MR) is 46.3 cm³/mol. The van der Waals surface area contributed by atoms with Gasteiger partial charge in [0.25, 0.3) is 0 Å². The Morgan fingerprint density at radius 3 is 2.70 bits per heavy atom. The third-order valence-electron chi connectivity index (χ3n) is 1.22. The molecule has 0 rings (SSSR count). The highest BCUT2D eigenvalue weighted by Crippen LogP contribution is 1.84. The molecule has 0 saturated heterocycles. The topological polar surface area (TPSA) is 20.3 Å². The molecule has 0 spiro atoms. The molecular formula is C7H13NOS. The van der Waals surface area contributed by atoms with Gasteiger partial charge in [-0.3, -0.25) is 4.79 Å². The molecule has 0 aromatic carbocycles. The van der Waals surface area contributed by atoms with E-state index in [1.54, 1.807) is 6.08 Å². The summed E-state index contributed by atoms with van der Waals surface area (Å²) in [5.74, 6) is 0. The molecule has 0 unspecified atom stereocenters. The first-order chi connectivity index (χ1) is 4.66. The molecule has 0 N–H and O–H groups in total. The minimum absolute atomic E-state index is 0.190. The fraction of sp³-hybridized carbons (Fsp3) is 0.571. The van der Waals surface area contributed by atoms with Gasteiger partial charge in [-0.2, -0.15) is 0 Å². The molecule has 0 heterocycles. The average molecular weight is 159 g/mol. The number of likely N-dealkylation sites (N-methyl/N-ethyl adjacent to an activating group) is 1. The normalized spacial score (nSPS) is 11.2. The summed E-state index contributed by atoms with van der Waals surface area (Å²) in [4.78, 5) is 12.4. The smallest absolute Gasteiger partial charge is 0.208 e. The number of hydrogen-bond acceptors (Lipinski definition) is 2. The largest absolute Gasteiger partial charge is 0.303 e. The van der Waals surface area contributed by atoms with Crippen molar-refractivity contribution in [2.45, 2.75) is 6.92 Å². The Kier molecular flexibility index (Phi) is 5.35. The van der Waals surface area contributed by atoms with Crippen molar-refractivity contribution in [3.05, 3.63) is 12.2 Å². The summed E-state index contributed by atoms with van der Waals surface area (Å²) in [6, 6.07) is 0. The van der Waals surface area contributed by atoms with Gasteiger partial charge >= 0.3 is 0 Å². The van der Waals surface area contributed by atoms with Crippen molar-refractivity contribution in [2.24, 2.45) is 0 Å². The highest BCUT2D eigenvalue weighted by Gasteiger charge is 1.88. The van der Waals surface area contributed by atoms with E-state index in [0.717, 1.165) is 13.1 Å². The second kappa shape index (κ2) is 5.50. The Bertz CT molecular complexity index is 134. The molecule has 0 aliphatic carbocycles. The molecule has 3 heteroatoms. The predicted octanol–water partition coefficient (Wildman–Crippen LogP) is 0.951. The minimum Gasteiger partial charge on any atom is -0.303 e. The van der Waals surface area contributed by atoms with Gasteiger partial charge in [0.15, 0.2) is 0 Å². The van der Waals surface area contributed by atoms with Crippen LogP contribution >= 0.6 is 12.6 Å². The summed E-state index contributed by atoms with van der Waals surface area (Å²) in [6.07, 6.45) is 3.27. The van der Waals surface area contributed by atoms with Crippen LogP contribution < -0.4 is 0 Å². The summed E-state index contributed by atoms with van der Waals surface area (Å²) in [5.41, 5.74) is 0. The lowest BCUT2D eigenvalue weighted by Gasteiger charge is -2.08. The van der Waals surface area contributed by atoms with Crippen LogP contribution in [0, 0.1) is 0 Å². The Morgan fingerprint density at radius 1 is 1.70 bits per heavy atom. The molecule has 0 saturated carbocycles. The van der Waals surface area contributed by atoms with E-state index in [1.165, 1.54) is 6.08 Å². The number of carbonyl (C=O) groups excluding carboxylic acids is 1. The molecule has 0 radical (unpaired) electrons. The van der Waals surface area contributed by atoms with E-state index in [2.05, 4.69) is 24.5 Å². The van der Waals surface area contributed by atoms with Crippen molar-refractivity contribution in [3.8, 4) is 0 Å². The summed E-state index contributed by atoms with van der Waals surface area (Å²) in [6.45, 7) is 3.87. The molecule has 0 bridgehead atoms. The summed E-state index contributed by atoms with van der Waals surface area (Å²) in [5, 5.41) is -0.190. The van der Waals surface area contributed by atoms with Crippen LogP contribution in [0.25, 0.3) is 0 Å². The lowest BCUT2D eigenvalue weighted by molar-refractivity contribution is -0.106.